The highest BCUT2D eigenvalue weighted by Crippen LogP contribution is 2.23. The fraction of sp³-hybridized carbons (Fsp3) is 0.0769. The van der Waals surface area contributed by atoms with Gasteiger partial charge >= 0.3 is 0 Å². The highest BCUT2D eigenvalue weighted by atomic mass is 79.9. The quantitative estimate of drug-likeness (QED) is 0.850. The maximum Gasteiger partial charge on any atom is 0.182 e. The largest absolute Gasteiger partial charge is 0.399 e. The van der Waals surface area contributed by atoms with Gasteiger partial charge in [0.05, 0.1) is 10.6 Å². The fourth-order valence-electron chi connectivity index (χ4n) is 1.72. The van der Waals surface area contributed by atoms with Crippen molar-refractivity contribution >= 4 is 43.1 Å². The van der Waals surface area contributed by atoms with E-state index in [-0.39, 0.29) is 10.6 Å². The zero-order chi connectivity index (χ0) is 14.0. The minimum Gasteiger partial charge on any atom is -0.399 e. The Morgan fingerprint density at radius 2 is 1.89 bits per heavy atom. The van der Waals surface area contributed by atoms with E-state index in [0.717, 1.165) is 4.47 Å². The Bertz CT molecular complexity index is 696. The Kier molecular flexibility index (Phi) is 4.18. The number of sulfone groups is 1. The predicted octanol–water partition coefficient (Wildman–Crippen LogP) is 3.66. The summed E-state index contributed by atoms with van der Waals surface area (Å²) in [6.45, 7) is 0. The summed E-state index contributed by atoms with van der Waals surface area (Å²) >= 11 is 9.10. The molecule has 0 amide bonds. The molecule has 100 valence electrons. The van der Waals surface area contributed by atoms with Gasteiger partial charge in [-0.25, -0.2) is 8.42 Å². The number of benzene rings is 2. The van der Waals surface area contributed by atoms with Crippen LogP contribution in [-0.2, 0) is 15.6 Å². The molecule has 0 aromatic heterocycles. The topological polar surface area (TPSA) is 60.2 Å². The van der Waals surface area contributed by atoms with Gasteiger partial charge in [-0.15, -0.1) is 0 Å². The molecule has 0 saturated carbocycles. The summed E-state index contributed by atoms with van der Waals surface area (Å²) in [5, 5.41) is 0.398. The number of nitrogen functional groups attached to an aromatic ring is 1. The maximum atomic E-state index is 12.3. The van der Waals surface area contributed by atoms with E-state index >= 15 is 0 Å². The molecule has 0 radical (unpaired) electrons. The molecule has 0 aliphatic heterocycles. The van der Waals surface area contributed by atoms with E-state index in [1.54, 1.807) is 30.3 Å². The summed E-state index contributed by atoms with van der Waals surface area (Å²) in [4.78, 5) is 0.207. The molecule has 0 saturated heterocycles. The van der Waals surface area contributed by atoms with Gasteiger partial charge in [0.25, 0.3) is 0 Å². The normalized spacial score (nSPS) is 11.5. The average Bonchev–Trinajstić information content (AvgIpc) is 2.26. The molecule has 19 heavy (non-hydrogen) atoms. The van der Waals surface area contributed by atoms with Crippen molar-refractivity contribution in [2.45, 2.75) is 10.6 Å². The van der Waals surface area contributed by atoms with Crippen LogP contribution in [0.3, 0.4) is 0 Å². The first-order valence-corrected chi connectivity index (χ1v) is 8.22. The van der Waals surface area contributed by atoms with Gasteiger partial charge in [-0.2, -0.15) is 0 Å². The average molecular weight is 361 g/mol. The summed E-state index contributed by atoms with van der Waals surface area (Å²) in [6.07, 6.45) is 0. The van der Waals surface area contributed by atoms with E-state index in [2.05, 4.69) is 15.9 Å². The molecule has 6 heteroatoms. The SMILES string of the molecule is Nc1cc(Br)cc(CS(=O)(=O)c2cccc(Cl)c2)c1. The molecule has 0 fully saturated rings. The highest BCUT2D eigenvalue weighted by molar-refractivity contribution is 9.10. The van der Waals surface area contributed by atoms with Gasteiger partial charge in [0, 0.05) is 15.2 Å². The van der Waals surface area contributed by atoms with E-state index in [1.807, 2.05) is 0 Å². The van der Waals surface area contributed by atoms with Crippen molar-refractivity contribution in [2.75, 3.05) is 5.73 Å². The van der Waals surface area contributed by atoms with Crippen LogP contribution in [0.4, 0.5) is 5.69 Å². The molecule has 2 rings (SSSR count). The molecule has 0 atom stereocenters. The van der Waals surface area contributed by atoms with Crippen molar-refractivity contribution in [3.8, 4) is 0 Å². The Morgan fingerprint density at radius 3 is 2.53 bits per heavy atom. The Labute approximate surface area is 125 Å². The number of hydrogen-bond acceptors (Lipinski definition) is 3. The minimum absolute atomic E-state index is 0.114. The van der Waals surface area contributed by atoms with E-state index in [9.17, 15) is 8.42 Å². The third kappa shape index (κ3) is 3.72. The molecular formula is C13H11BrClNO2S. The van der Waals surface area contributed by atoms with Crippen LogP contribution >= 0.6 is 27.5 Å². The zero-order valence-corrected chi connectivity index (χ0v) is 13.0. The lowest BCUT2D eigenvalue weighted by Gasteiger charge is -2.06. The molecular weight excluding hydrogens is 350 g/mol. The van der Waals surface area contributed by atoms with E-state index in [0.29, 0.717) is 16.3 Å². The second-order valence-corrected chi connectivity index (χ2v) is 7.45. The predicted molar refractivity (Wildman–Crippen MR) is 80.9 cm³/mol. The summed E-state index contributed by atoms with van der Waals surface area (Å²) in [7, 11) is -3.43. The lowest BCUT2D eigenvalue weighted by Crippen LogP contribution is -2.05. The Morgan fingerprint density at radius 1 is 1.16 bits per heavy atom. The van der Waals surface area contributed by atoms with E-state index < -0.39 is 9.84 Å². The van der Waals surface area contributed by atoms with Gasteiger partial charge < -0.3 is 5.73 Å². The molecule has 0 heterocycles. The lowest BCUT2D eigenvalue weighted by atomic mass is 10.2. The van der Waals surface area contributed by atoms with Crippen molar-refractivity contribution in [1.82, 2.24) is 0 Å². The molecule has 2 aromatic carbocycles. The van der Waals surface area contributed by atoms with Gasteiger partial charge in [0.1, 0.15) is 0 Å². The second-order valence-electron chi connectivity index (χ2n) is 4.11. The smallest absolute Gasteiger partial charge is 0.182 e. The Balaban J connectivity index is 2.36. The minimum atomic E-state index is -3.43. The van der Waals surface area contributed by atoms with Crippen LogP contribution in [0, 0.1) is 0 Å². The second kappa shape index (κ2) is 5.53. The van der Waals surface area contributed by atoms with Crippen LogP contribution in [0.2, 0.25) is 5.02 Å². The summed E-state index contributed by atoms with van der Waals surface area (Å²) in [5.74, 6) is -0.114. The van der Waals surface area contributed by atoms with Gasteiger partial charge in [-0.05, 0) is 42.0 Å². The molecule has 2 N–H and O–H groups in total. The van der Waals surface area contributed by atoms with Crippen LogP contribution in [0.25, 0.3) is 0 Å². The van der Waals surface area contributed by atoms with Crippen molar-refractivity contribution < 1.29 is 8.42 Å². The first-order chi connectivity index (χ1) is 8.87. The number of halogens is 2. The Hall–Kier alpha value is -1.04. The monoisotopic (exact) mass is 359 g/mol. The molecule has 0 aliphatic rings. The third-order valence-corrected chi connectivity index (χ3v) is 4.87. The van der Waals surface area contributed by atoms with Crippen molar-refractivity contribution in [3.63, 3.8) is 0 Å². The van der Waals surface area contributed by atoms with Crippen LogP contribution in [-0.4, -0.2) is 8.42 Å². The summed E-state index contributed by atoms with van der Waals surface area (Å²) < 4.78 is 25.3. The van der Waals surface area contributed by atoms with E-state index in [4.69, 9.17) is 17.3 Å². The van der Waals surface area contributed by atoms with E-state index in [1.165, 1.54) is 12.1 Å². The molecule has 0 aliphatic carbocycles. The molecule has 0 unspecified atom stereocenters. The maximum absolute atomic E-state index is 12.3. The fourth-order valence-corrected chi connectivity index (χ4v) is 3.90. The van der Waals surface area contributed by atoms with Gasteiger partial charge in [0.2, 0.25) is 0 Å². The van der Waals surface area contributed by atoms with Crippen molar-refractivity contribution in [3.05, 3.63) is 57.5 Å². The lowest BCUT2D eigenvalue weighted by molar-refractivity contribution is 0.595. The molecule has 0 spiro atoms. The number of hydrogen-bond donors (Lipinski definition) is 1. The van der Waals surface area contributed by atoms with Crippen molar-refractivity contribution in [1.29, 1.82) is 0 Å². The third-order valence-electron chi connectivity index (χ3n) is 2.49. The first kappa shape index (κ1) is 14.4. The number of nitrogens with two attached hydrogens (primary N) is 1. The van der Waals surface area contributed by atoms with Crippen LogP contribution in [0.15, 0.2) is 51.8 Å². The van der Waals surface area contributed by atoms with Gasteiger partial charge in [-0.3, -0.25) is 0 Å². The van der Waals surface area contributed by atoms with Crippen molar-refractivity contribution in [2.24, 2.45) is 0 Å². The molecule has 2 aromatic rings. The van der Waals surface area contributed by atoms with Gasteiger partial charge in [0.15, 0.2) is 9.84 Å². The highest BCUT2D eigenvalue weighted by Gasteiger charge is 2.16. The summed E-state index contributed by atoms with van der Waals surface area (Å²) in [6, 6.07) is 11.3. The number of anilines is 1. The summed E-state index contributed by atoms with van der Waals surface area (Å²) in [5.41, 5.74) is 6.85. The molecule has 0 bridgehead atoms. The van der Waals surface area contributed by atoms with Crippen LogP contribution in [0.5, 0.6) is 0 Å². The van der Waals surface area contributed by atoms with Gasteiger partial charge in [-0.1, -0.05) is 33.6 Å². The van der Waals surface area contributed by atoms with Crippen LogP contribution in [0.1, 0.15) is 5.56 Å². The standard InChI is InChI=1S/C13H11BrClNO2S/c14-10-4-9(5-12(16)6-10)8-19(17,18)13-3-1-2-11(15)7-13/h1-7H,8,16H2. The zero-order valence-electron chi connectivity index (χ0n) is 9.81. The van der Waals surface area contributed by atoms with Crippen LogP contribution < -0.4 is 5.73 Å². The first-order valence-electron chi connectivity index (χ1n) is 5.40. The molecule has 3 nitrogen and oxygen atoms in total. The number of rotatable bonds is 3.